The molecule has 9 heteroatoms. The molecule has 0 saturated carbocycles. The smallest absolute Gasteiger partial charge is 0.545 e. The Kier molecular flexibility index (Phi) is 14.2. The van der Waals surface area contributed by atoms with Crippen molar-refractivity contribution in [3.8, 4) is 0 Å². The minimum atomic E-state index is -1.18. The number of benzene rings is 3. The van der Waals surface area contributed by atoms with Crippen LogP contribution in [0.5, 0.6) is 0 Å². The van der Waals surface area contributed by atoms with Crippen LogP contribution < -0.4 is 15.5 Å². The van der Waals surface area contributed by atoms with Crippen LogP contribution in [0.3, 0.4) is 0 Å². The minimum Gasteiger partial charge on any atom is -0.545 e. The van der Waals surface area contributed by atoms with E-state index in [1.54, 1.807) is 0 Å². The van der Waals surface area contributed by atoms with Gasteiger partial charge in [0.1, 0.15) is 0 Å². The quantitative estimate of drug-likeness (QED) is 0.412. The fourth-order valence-electron chi connectivity index (χ4n) is 1.90. The Bertz CT molecular complexity index is 914. The van der Waals surface area contributed by atoms with Crippen LogP contribution in [0.25, 0.3) is 0 Å². The zero-order chi connectivity index (χ0) is 22.5. The number of rotatable bonds is 3. The Morgan fingerprint density at radius 1 is 0.742 bits per heavy atom. The molecule has 165 valence electrons. The number of carboxylic acid groups (broad SMARTS) is 2. The molecule has 0 unspecified atom stereocenters. The first-order valence-electron chi connectivity index (χ1n) is 8.45. The van der Waals surface area contributed by atoms with Crippen molar-refractivity contribution in [1.29, 1.82) is 0 Å². The van der Waals surface area contributed by atoms with E-state index in [0.29, 0.717) is 10.0 Å². The van der Waals surface area contributed by atoms with E-state index in [-0.39, 0.29) is 28.2 Å². The maximum absolute atomic E-state index is 10.2. The second-order valence-electron chi connectivity index (χ2n) is 5.64. The second kappa shape index (κ2) is 15.4. The van der Waals surface area contributed by atoms with E-state index in [4.69, 9.17) is 35.4 Å². The topological polar surface area (TPSA) is 92.3 Å². The molecule has 0 aliphatic rings. The number of carboxylic acids is 2. The first-order chi connectivity index (χ1) is 14.2. The van der Waals surface area contributed by atoms with Crippen LogP contribution in [0.1, 0.15) is 27.6 Å². The molecule has 0 atom stereocenters. The van der Waals surface area contributed by atoms with Crippen LogP contribution in [0.2, 0.25) is 10.0 Å². The van der Waals surface area contributed by atoms with E-state index in [0.717, 1.165) is 10.7 Å². The minimum absolute atomic E-state index is 0. The summed E-state index contributed by atoms with van der Waals surface area (Å²) in [6.45, 7) is 1.86. The monoisotopic (exact) mass is 524 g/mol. The van der Waals surface area contributed by atoms with Crippen molar-refractivity contribution in [2.45, 2.75) is 6.92 Å². The number of hydrogen-bond donors (Lipinski definition) is 1. The zero-order valence-corrected chi connectivity index (χ0v) is 19.4. The fourth-order valence-corrected chi connectivity index (χ4v) is 2.27. The van der Waals surface area contributed by atoms with Gasteiger partial charge in [-0.15, -0.1) is 0 Å². The number of thiocarbonyl (C=S) groups is 1. The third kappa shape index (κ3) is 12.8. The summed E-state index contributed by atoms with van der Waals surface area (Å²) in [5.74, 6) is -2.37. The van der Waals surface area contributed by atoms with Gasteiger partial charge < -0.3 is 25.1 Å². The van der Waals surface area contributed by atoms with Crippen molar-refractivity contribution in [3.05, 3.63) is 100 Å². The van der Waals surface area contributed by atoms with Gasteiger partial charge in [0.2, 0.25) is 0 Å². The molecule has 0 aliphatic heterocycles. The van der Waals surface area contributed by atoms with E-state index in [9.17, 15) is 19.8 Å². The number of anilines is 1. The number of aromatic carboxylic acids is 2. The summed E-state index contributed by atoms with van der Waals surface area (Å²) in [6.07, 6.45) is 0. The molecule has 3 aromatic carbocycles. The zero-order valence-electron chi connectivity index (χ0n) is 16.1. The summed E-state index contributed by atoms with van der Waals surface area (Å²) < 4.78 is 0. The number of para-hydroxylation sites is 1. The van der Waals surface area contributed by atoms with E-state index in [1.165, 1.54) is 48.5 Å². The maximum Gasteiger partial charge on any atom is 2.00 e. The standard InChI is InChI=1S/C8H9NS.2C7H5ClO2.Cu/c1-7(10)9-8-5-3-2-4-6-8;2*8-6-3-1-5(2-4-6)7(9)10;/h2-6H,1H3,(H,9,10);2*1-4H,(H,9,10);/q;;;+2/p-2. The average molecular weight is 526 g/mol. The SMILES string of the molecule is CC(=S)Nc1ccccc1.O=C([O-])c1ccc(Cl)cc1.O=C([O-])c1ccc(Cl)cc1.[Cu+2]. The molecule has 1 N–H and O–H groups in total. The normalized spacial score (nSPS) is 8.87. The molecule has 0 amide bonds. The molecule has 3 rings (SSSR count). The Hall–Kier alpha value is -2.41. The maximum atomic E-state index is 10.2. The number of nitrogens with one attached hydrogen (secondary N) is 1. The molecule has 0 spiro atoms. The number of hydrogen-bond acceptors (Lipinski definition) is 5. The van der Waals surface area contributed by atoms with Crippen LogP contribution in [0.4, 0.5) is 5.69 Å². The van der Waals surface area contributed by atoms with Crippen molar-refractivity contribution in [3.63, 3.8) is 0 Å². The van der Waals surface area contributed by atoms with Crippen molar-refractivity contribution in [1.82, 2.24) is 0 Å². The van der Waals surface area contributed by atoms with Gasteiger partial charge in [-0.25, -0.2) is 0 Å². The summed E-state index contributed by atoms with van der Waals surface area (Å²) in [7, 11) is 0. The molecule has 0 fully saturated rings. The van der Waals surface area contributed by atoms with Crippen molar-refractivity contribution < 1.29 is 36.9 Å². The van der Waals surface area contributed by atoms with Gasteiger partial charge in [0, 0.05) is 15.7 Å². The average Bonchev–Trinajstić information content (AvgIpc) is 2.70. The van der Waals surface area contributed by atoms with Gasteiger partial charge in [0.15, 0.2) is 0 Å². The van der Waals surface area contributed by atoms with Gasteiger partial charge >= 0.3 is 17.1 Å². The van der Waals surface area contributed by atoms with Gasteiger partial charge in [-0.05, 0) is 54.4 Å². The first-order valence-corrected chi connectivity index (χ1v) is 9.62. The molecule has 0 bridgehead atoms. The van der Waals surface area contributed by atoms with Crippen LogP contribution >= 0.6 is 35.4 Å². The van der Waals surface area contributed by atoms with Gasteiger partial charge in [0.25, 0.3) is 0 Å². The van der Waals surface area contributed by atoms with Crippen LogP contribution in [0, 0.1) is 0 Å². The Labute approximate surface area is 206 Å². The van der Waals surface area contributed by atoms with Gasteiger partial charge in [0.05, 0.1) is 16.9 Å². The molecule has 0 heterocycles. The number of carbonyl (C=O) groups is 2. The number of carbonyl (C=O) groups excluding carboxylic acids is 2. The Balaban J connectivity index is 0.000000429. The first kappa shape index (κ1) is 28.6. The summed E-state index contributed by atoms with van der Waals surface area (Å²) in [6, 6.07) is 21.5. The van der Waals surface area contributed by atoms with Crippen LogP contribution in [0.15, 0.2) is 78.9 Å². The summed E-state index contributed by atoms with van der Waals surface area (Å²) in [5, 5.41) is 24.4. The van der Waals surface area contributed by atoms with Crippen LogP contribution in [-0.2, 0) is 17.1 Å². The fraction of sp³-hybridized carbons (Fsp3) is 0.0455. The van der Waals surface area contributed by atoms with Crippen molar-refractivity contribution in [2.24, 2.45) is 0 Å². The number of halogens is 2. The molecule has 1 radical (unpaired) electrons. The van der Waals surface area contributed by atoms with E-state index >= 15 is 0 Å². The third-order valence-corrected chi connectivity index (χ3v) is 3.86. The third-order valence-electron chi connectivity index (χ3n) is 3.25. The molecule has 0 aliphatic carbocycles. The second-order valence-corrected chi connectivity index (χ2v) is 7.12. The van der Waals surface area contributed by atoms with Crippen molar-refractivity contribution >= 4 is 58.0 Å². The molecule has 0 aromatic heterocycles. The Morgan fingerprint density at radius 3 is 1.39 bits per heavy atom. The van der Waals surface area contributed by atoms with Gasteiger partial charge in [-0.3, -0.25) is 0 Å². The largest absolute Gasteiger partial charge is 2.00 e. The summed E-state index contributed by atoms with van der Waals surface area (Å²) in [5.41, 5.74) is 1.34. The predicted octanol–water partition coefficient (Wildman–Crippen LogP) is 3.85. The molecule has 3 aromatic rings. The summed E-state index contributed by atoms with van der Waals surface area (Å²) >= 11 is 15.9. The van der Waals surface area contributed by atoms with Crippen LogP contribution in [-0.4, -0.2) is 16.9 Å². The summed E-state index contributed by atoms with van der Waals surface area (Å²) in [4.78, 5) is 21.1. The van der Waals surface area contributed by atoms with E-state index in [1.807, 2.05) is 37.3 Å². The Morgan fingerprint density at radius 2 is 1.10 bits per heavy atom. The molecular formula is C22H17Cl2CuNO4S. The molecule has 5 nitrogen and oxygen atoms in total. The predicted molar refractivity (Wildman–Crippen MR) is 120 cm³/mol. The van der Waals surface area contributed by atoms with Crippen molar-refractivity contribution in [2.75, 3.05) is 5.32 Å². The van der Waals surface area contributed by atoms with Gasteiger partial charge in [-0.2, -0.15) is 0 Å². The van der Waals surface area contributed by atoms with E-state index in [2.05, 4.69) is 5.32 Å². The molecule has 31 heavy (non-hydrogen) atoms. The van der Waals surface area contributed by atoms with E-state index < -0.39 is 11.9 Å². The van der Waals surface area contributed by atoms with Gasteiger partial charge in [-0.1, -0.05) is 77.9 Å². The molecular weight excluding hydrogens is 509 g/mol. The molecule has 0 saturated heterocycles.